The van der Waals surface area contributed by atoms with E-state index in [1.165, 1.54) is 0 Å². The van der Waals surface area contributed by atoms with Crippen molar-refractivity contribution >= 4 is 40.8 Å². The molecule has 1 N–H and O–H groups in total. The van der Waals surface area contributed by atoms with Crippen molar-refractivity contribution in [2.24, 2.45) is 23.7 Å². The van der Waals surface area contributed by atoms with E-state index in [2.05, 4.69) is 5.32 Å². The Labute approximate surface area is 131 Å². The van der Waals surface area contributed by atoms with E-state index >= 15 is 0 Å². The maximum atomic E-state index is 12.6. The molecular formula is C15H13Cl2NO3. The molecule has 0 radical (unpaired) electrons. The van der Waals surface area contributed by atoms with Crippen molar-refractivity contribution in [1.29, 1.82) is 0 Å². The Hall–Kier alpha value is -1.26. The third kappa shape index (κ3) is 1.96. The molecule has 4 nitrogen and oxygen atoms in total. The first kappa shape index (κ1) is 13.4. The minimum atomic E-state index is -0.309. The molecule has 6 heteroatoms. The van der Waals surface area contributed by atoms with Gasteiger partial charge in [0.15, 0.2) is 0 Å². The summed E-state index contributed by atoms with van der Waals surface area (Å²) in [5, 5.41) is 3.75. The van der Waals surface area contributed by atoms with E-state index in [0.29, 0.717) is 15.7 Å². The van der Waals surface area contributed by atoms with Crippen LogP contribution in [0.2, 0.25) is 10.0 Å². The lowest BCUT2D eigenvalue weighted by molar-refractivity contribution is -0.145. The molecule has 110 valence electrons. The fourth-order valence-corrected chi connectivity index (χ4v) is 4.51. The predicted molar refractivity (Wildman–Crippen MR) is 78.2 cm³/mol. The van der Waals surface area contributed by atoms with Crippen LogP contribution in [0.5, 0.6) is 0 Å². The standard InChI is InChI=1S/C15H13Cl2NO3/c16-7-1-2-9(17)10(5-7)18-14(19)12-6-3-8-11(4-6)21-15(20)13(8)12/h1-2,5-6,8,11-13H,3-4H2,(H,18,19)/t6-,8-,11-,12-,13+/m1/s1. The van der Waals surface area contributed by atoms with Crippen LogP contribution in [-0.2, 0) is 14.3 Å². The average molecular weight is 326 g/mol. The Kier molecular flexibility index (Phi) is 2.95. The van der Waals surface area contributed by atoms with Crippen LogP contribution in [0, 0.1) is 23.7 Å². The van der Waals surface area contributed by atoms with Crippen molar-refractivity contribution in [3.63, 3.8) is 0 Å². The zero-order valence-corrected chi connectivity index (χ0v) is 12.5. The number of benzene rings is 1. The van der Waals surface area contributed by atoms with E-state index in [4.69, 9.17) is 27.9 Å². The maximum Gasteiger partial charge on any atom is 0.310 e. The van der Waals surface area contributed by atoms with E-state index in [1.807, 2.05) is 0 Å². The number of ether oxygens (including phenoxy) is 1. The molecule has 3 aliphatic rings. The second-order valence-corrected chi connectivity index (χ2v) is 6.88. The number of anilines is 1. The number of esters is 1. The molecule has 1 aliphatic heterocycles. The summed E-state index contributed by atoms with van der Waals surface area (Å²) in [7, 11) is 0. The molecule has 21 heavy (non-hydrogen) atoms. The van der Waals surface area contributed by atoms with Crippen LogP contribution < -0.4 is 5.32 Å². The van der Waals surface area contributed by atoms with Gasteiger partial charge in [-0.05, 0) is 37.0 Å². The Morgan fingerprint density at radius 1 is 1.29 bits per heavy atom. The first-order valence-corrected chi connectivity index (χ1v) is 7.76. The molecule has 1 aromatic carbocycles. The number of halogens is 2. The van der Waals surface area contributed by atoms with Gasteiger partial charge < -0.3 is 10.1 Å². The first-order chi connectivity index (χ1) is 10.0. The molecule has 2 bridgehead atoms. The van der Waals surface area contributed by atoms with Gasteiger partial charge in [0, 0.05) is 10.9 Å². The van der Waals surface area contributed by atoms with Gasteiger partial charge in [0.25, 0.3) is 0 Å². The second-order valence-electron chi connectivity index (χ2n) is 6.04. The molecule has 1 saturated heterocycles. The normalized spacial score (nSPS) is 35.9. The first-order valence-electron chi connectivity index (χ1n) is 7.01. The van der Waals surface area contributed by atoms with Crippen LogP contribution in [-0.4, -0.2) is 18.0 Å². The van der Waals surface area contributed by atoms with Gasteiger partial charge in [0.1, 0.15) is 6.10 Å². The number of rotatable bonds is 2. The Morgan fingerprint density at radius 3 is 2.90 bits per heavy atom. The van der Waals surface area contributed by atoms with Gasteiger partial charge in [0.05, 0.1) is 22.5 Å². The molecule has 0 spiro atoms. The van der Waals surface area contributed by atoms with Crippen molar-refractivity contribution in [3.8, 4) is 0 Å². The number of fused-ring (bicyclic) bond motifs is 1. The molecule has 2 saturated carbocycles. The summed E-state index contributed by atoms with van der Waals surface area (Å²) in [4.78, 5) is 24.5. The minimum absolute atomic E-state index is 0.0336. The van der Waals surface area contributed by atoms with E-state index in [1.54, 1.807) is 18.2 Å². The molecule has 0 unspecified atom stereocenters. The number of hydrogen-bond donors (Lipinski definition) is 1. The largest absolute Gasteiger partial charge is 0.462 e. The molecule has 1 aromatic rings. The van der Waals surface area contributed by atoms with Gasteiger partial charge in [0.2, 0.25) is 5.91 Å². The van der Waals surface area contributed by atoms with E-state index in [0.717, 1.165) is 12.8 Å². The van der Waals surface area contributed by atoms with E-state index < -0.39 is 0 Å². The molecule has 1 amide bonds. The zero-order chi connectivity index (χ0) is 14.7. The summed E-state index contributed by atoms with van der Waals surface area (Å²) in [6.07, 6.45) is 1.74. The highest BCUT2D eigenvalue weighted by atomic mass is 35.5. The minimum Gasteiger partial charge on any atom is -0.462 e. The van der Waals surface area contributed by atoms with Crippen molar-refractivity contribution in [2.75, 3.05) is 5.32 Å². The number of amides is 1. The van der Waals surface area contributed by atoms with Gasteiger partial charge in [-0.1, -0.05) is 23.2 Å². The highest BCUT2D eigenvalue weighted by Crippen LogP contribution is 2.57. The summed E-state index contributed by atoms with van der Waals surface area (Å²) >= 11 is 12.0. The Morgan fingerprint density at radius 2 is 2.10 bits per heavy atom. The average Bonchev–Trinajstić information content (AvgIpc) is 3.03. The van der Waals surface area contributed by atoms with E-state index in [-0.39, 0.29) is 41.7 Å². The molecular weight excluding hydrogens is 313 g/mol. The summed E-state index contributed by atoms with van der Waals surface area (Å²) in [5.41, 5.74) is 0.486. The molecule has 0 aromatic heterocycles. The van der Waals surface area contributed by atoms with Gasteiger partial charge >= 0.3 is 5.97 Å². The maximum absolute atomic E-state index is 12.6. The van der Waals surface area contributed by atoms with Crippen molar-refractivity contribution in [3.05, 3.63) is 28.2 Å². The number of hydrogen-bond acceptors (Lipinski definition) is 3. The SMILES string of the molecule is O=C(Nc1cc(Cl)ccc1Cl)[C@@H]1[C@@H]2C[C@H]3[C@@H]1C(=O)O[C@@H]3C2. The molecule has 4 rings (SSSR count). The zero-order valence-electron chi connectivity index (χ0n) is 11.0. The van der Waals surface area contributed by atoms with Crippen LogP contribution in [0.1, 0.15) is 12.8 Å². The topological polar surface area (TPSA) is 55.4 Å². The molecule has 3 fully saturated rings. The van der Waals surface area contributed by atoms with Crippen LogP contribution >= 0.6 is 23.2 Å². The lowest BCUT2D eigenvalue weighted by Crippen LogP contribution is -2.35. The molecule has 5 atom stereocenters. The number of nitrogens with one attached hydrogen (secondary N) is 1. The monoisotopic (exact) mass is 325 g/mol. The van der Waals surface area contributed by atoms with Gasteiger partial charge in [-0.2, -0.15) is 0 Å². The van der Waals surface area contributed by atoms with Crippen LogP contribution in [0.4, 0.5) is 5.69 Å². The molecule has 1 heterocycles. The van der Waals surface area contributed by atoms with Crippen LogP contribution in [0.15, 0.2) is 18.2 Å². The Bertz CT molecular complexity index is 646. The van der Waals surface area contributed by atoms with Gasteiger partial charge in [-0.15, -0.1) is 0 Å². The second kappa shape index (κ2) is 4.62. The van der Waals surface area contributed by atoms with Crippen LogP contribution in [0.25, 0.3) is 0 Å². The third-order valence-electron chi connectivity index (χ3n) is 4.97. The highest BCUT2D eigenvalue weighted by Gasteiger charge is 2.63. The Balaban J connectivity index is 1.58. The lowest BCUT2D eigenvalue weighted by Gasteiger charge is -2.23. The fourth-order valence-electron chi connectivity index (χ4n) is 4.17. The van der Waals surface area contributed by atoms with Gasteiger partial charge in [-0.3, -0.25) is 9.59 Å². The van der Waals surface area contributed by atoms with Crippen LogP contribution in [0.3, 0.4) is 0 Å². The fraction of sp³-hybridized carbons (Fsp3) is 0.467. The highest BCUT2D eigenvalue weighted by molar-refractivity contribution is 6.35. The summed E-state index contributed by atoms with van der Waals surface area (Å²) < 4.78 is 5.35. The van der Waals surface area contributed by atoms with Crippen molar-refractivity contribution in [1.82, 2.24) is 0 Å². The molecule has 2 aliphatic carbocycles. The predicted octanol–water partition coefficient (Wildman–Crippen LogP) is 3.13. The number of carbonyl (C=O) groups is 2. The van der Waals surface area contributed by atoms with Crippen molar-refractivity contribution in [2.45, 2.75) is 18.9 Å². The number of carbonyl (C=O) groups excluding carboxylic acids is 2. The van der Waals surface area contributed by atoms with Crippen molar-refractivity contribution < 1.29 is 14.3 Å². The summed E-state index contributed by atoms with van der Waals surface area (Å²) in [6, 6.07) is 4.92. The lowest BCUT2D eigenvalue weighted by atomic mass is 9.79. The third-order valence-corrected chi connectivity index (χ3v) is 5.54. The van der Waals surface area contributed by atoms with Gasteiger partial charge in [-0.25, -0.2) is 0 Å². The summed E-state index contributed by atoms with van der Waals surface area (Å²) in [5.74, 6) is -0.526. The van der Waals surface area contributed by atoms with E-state index in [9.17, 15) is 9.59 Å². The smallest absolute Gasteiger partial charge is 0.310 e. The quantitative estimate of drug-likeness (QED) is 0.850. The summed E-state index contributed by atoms with van der Waals surface area (Å²) in [6.45, 7) is 0.